The number of hydrogen-bond acceptors (Lipinski definition) is 7. The van der Waals surface area contributed by atoms with E-state index in [1.165, 1.54) is 4.88 Å². The largest absolute Gasteiger partial charge is 0.393 e. The van der Waals surface area contributed by atoms with Crippen molar-refractivity contribution in [3.63, 3.8) is 0 Å². The zero-order valence-electron chi connectivity index (χ0n) is 34.1. The van der Waals surface area contributed by atoms with Gasteiger partial charge in [-0.3, -0.25) is 9.69 Å². The Morgan fingerprint density at radius 1 is 0.845 bits per heavy atom. The van der Waals surface area contributed by atoms with Crippen LogP contribution in [0, 0.1) is 33.5 Å². The SMILES string of the molecule is CC12CCC(O)CC13C=CC1(C(C(=O)c4ccc(-c5ccccc5)cc4)=C3)C2CCC2(C)C1CCC2(O)CN(CCc1cccs1)CC(O)COCc1ccccc1. The van der Waals surface area contributed by atoms with Crippen LogP contribution in [0.25, 0.3) is 11.1 Å². The molecule has 0 aliphatic heterocycles. The molecule has 2 bridgehead atoms. The molecule has 0 amide bonds. The summed E-state index contributed by atoms with van der Waals surface area (Å²) in [6.07, 6.45) is 12.4. The molecule has 3 aromatic carbocycles. The number of carbonyl (C=O) groups excluding carboxylic acids is 1. The Balaban J connectivity index is 1.02. The van der Waals surface area contributed by atoms with Crippen molar-refractivity contribution in [1.82, 2.24) is 4.90 Å². The zero-order chi connectivity index (χ0) is 40.2. The van der Waals surface area contributed by atoms with Crippen LogP contribution in [0.5, 0.6) is 0 Å². The van der Waals surface area contributed by atoms with E-state index in [2.05, 4.69) is 78.8 Å². The second kappa shape index (κ2) is 15.4. The summed E-state index contributed by atoms with van der Waals surface area (Å²) in [6.45, 7) is 6.98. The maximum absolute atomic E-state index is 15.2. The smallest absolute Gasteiger partial charge is 0.189 e. The van der Waals surface area contributed by atoms with Gasteiger partial charge in [0.25, 0.3) is 0 Å². The summed E-state index contributed by atoms with van der Waals surface area (Å²) in [6, 6.07) is 32.7. The maximum atomic E-state index is 15.2. The first kappa shape index (κ1) is 39.8. The van der Waals surface area contributed by atoms with Crippen LogP contribution in [0.3, 0.4) is 0 Å². The zero-order valence-corrected chi connectivity index (χ0v) is 34.9. The lowest BCUT2D eigenvalue weighted by Crippen LogP contribution is -2.67. The van der Waals surface area contributed by atoms with Crippen LogP contribution in [0.4, 0.5) is 0 Å². The van der Waals surface area contributed by atoms with Crippen molar-refractivity contribution in [2.24, 2.45) is 33.5 Å². The molecule has 3 saturated carbocycles. The van der Waals surface area contributed by atoms with Crippen LogP contribution in [-0.2, 0) is 17.8 Å². The van der Waals surface area contributed by atoms with Gasteiger partial charge >= 0.3 is 0 Å². The number of rotatable bonds is 14. The van der Waals surface area contributed by atoms with E-state index in [-0.39, 0.29) is 35.1 Å². The van der Waals surface area contributed by atoms with Gasteiger partial charge in [0.05, 0.1) is 31.0 Å². The number of nitrogens with zero attached hydrogens (tertiary/aromatic N) is 1. The molecule has 1 aromatic heterocycles. The van der Waals surface area contributed by atoms with Gasteiger partial charge in [0.1, 0.15) is 0 Å². The van der Waals surface area contributed by atoms with Gasteiger partial charge in [-0.15, -0.1) is 11.3 Å². The van der Waals surface area contributed by atoms with Crippen molar-refractivity contribution in [3.8, 4) is 11.1 Å². The predicted octanol–water partition coefficient (Wildman–Crippen LogP) is 9.31. The Morgan fingerprint density at radius 3 is 2.28 bits per heavy atom. The number of fused-ring (bicyclic) bond motifs is 1. The molecule has 58 heavy (non-hydrogen) atoms. The number of Topliss-reactive ketones (excluding diaryl/α,β-unsaturated/α-hetero) is 1. The molecule has 3 N–H and O–H groups in total. The van der Waals surface area contributed by atoms with Gasteiger partial charge in [-0.1, -0.05) is 123 Å². The van der Waals surface area contributed by atoms with E-state index in [4.69, 9.17) is 4.74 Å². The minimum Gasteiger partial charge on any atom is -0.393 e. The molecule has 1 heterocycles. The van der Waals surface area contributed by atoms with Gasteiger partial charge in [0.15, 0.2) is 5.78 Å². The van der Waals surface area contributed by atoms with Crippen LogP contribution < -0.4 is 0 Å². The average Bonchev–Trinajstić information content (AvgIpc) is 3.86. The van der Waals surface area contributed by atoms with Crippen molar-refractivity contribution in [3.05, 3.63) is 142 Å². The number of aliphatic hydroxyl groups is 3. The minimum absolute atomic E-state index is 0.0547. The molecule has 10 rings (SSSR count). The number of benzene rings is 3. The van der Waals surface area contributed by atoms with Crippen molar-refractivity contribution < 1.29 is 24.9 Å². The second-order valence-electron chi connectivity index (χ2n) is 18.8. The quantitative estimate of drug-likeness (QED) is 0.0871. The third kappa shape index (κ3) is 6.61. The Morgan fingerprint density at radius 2 is 1.53 bits per heavy atom. The van der Waals surface area contributed by atoms with E-state index < -0.39 is 28.6 Å². The van der Waals surface area contributed by atoms with Crippen LogP contribution in [-0.4, -0.2) is 70.1 Å². The van der Waals surface area contributed by atoms with E-state index in [1.807, 2.05) is 60.7 Å². The number of ether oxygens (including phenoxy) is 1. The highest BCUT2D eigenvalue weighted by molar-refractivity contribution is 7.09. The van der Waals surface area contributed by atoms with Crippen molar-refractivity contribution in [1.29, 1.82) is 0 Å². The van der Waals surface area contributed by atoms with Gasteiger partial charge in [-0.25, -0.2) is 0 Å². The molecule has 2 spiro atoms. The molecule has 9 unspecified atom stereocenters. The summed E-state index contributed by atoms with van der Waals surface area (Å²) in [5, 5.41) is 37.8. The summed E-state index contributed by atoms with van der Waals surface area (Å²) in [5.41, 5.74) is 2.34. The molecule has 6 aliphatic rings. The topological polar surface area (TPSA) is 90.2 Å². The Bertz CT molecular complexity index is 2140. The third-order valence-corrected chi connectivity index (χ3v) is 16.8. The minimum atomic E-state index is -1.02. The molecule has 0 radical (unpaired) electrons. The van der Waals surface area contributed by atoms with Crippen molar-refractivity contribution in [2.45, 2.75) is 89.6 Å². The number of allylic oxidation sites excluding steroid dienone is 4. The van der Waals surface area contributed by atoms with Crippen LogP contribution in [0.2, 0.25) is 0 Å². The molecule has 7 heteroatoms. The Kier molecular flexibility index (Phi) is 10.6. The number of ketones is 1. The molecule has 0 saturated heterocycles. The summed E-state index contributed by atoms with van der Waals surface area (Å²) in [7, 11) is 0. The fraction of sp³-hybridized carbons (Fsp3) is 0.471. The van der Waals surface area contributed by atoms with Gasteiger partial charge in [0, 0.05) is 51.9 Å². The molecule has 4 aromatic rings. The summed E-state index contributed by atoms with van der Waals surface area (Å²) >= 11 is 1.74. The van der Waals surface area contributed by atoms with Gasteiger partial charge < -0.3 is 20.1 Å². The van der Waals surface area contributed by atoms with Crippen LogP contribution in [0.1, 0.15) is 79.6 Å². The third-order valence-electron chi connectivity index (χ3n) is 15.8. The highest BCUT2D eigenvalue weighted by Gasteiger charge is 2.74. The molecule has 304 valence electrons. The number of hydrogen-bond donors (Lipinski definition) is 3. The summed E-state index contributed by atoms with van der Waals surface area (Å²) in [4.78, 5) is 18.8. The lowest BCUT2D eigenvalue weighted by Gasteiger charge is -2.71. The molecule has 3 fully saturated rings. The lowest BCUT2D eigenvalue weighted by atomic mass is 9.32. The molecule has 9 atom stereocenters. The average molecular weight is 798 g/mol. The van der Waals surface area contributed by atoms with Crippen molar-refractivity contribution in [2.75, 3.05) is 26.2 Å². The first-order valence-corrected chi connectivity index (χ1v) is 22.5. The first-order valence-electron chi connectivity index (χ1n) is 21.6. The highest BCUT2D eigenvalue weighted by atomic mass is 32.1. The maximum Gasteiger partial charge on any atom is 0.189 e. The van der Waals surface area contributed by atoms with Gasteiger partial charge in [-0.05, 0) is 96.8 Å². The number of thiophene rings is 1. The number of aliphatic hydroxyl groups excluding tert-OH is 2. The molecule has 6 nitrogen and oxygen atoms in total. The predicted molar refractivity (Wildman–Crippen MR) is 231 cm³/mol. The fourth-order valence-electron chi connectivity index (χ4n) is 12.8. The van der Waals surface area contributed by atoms with Crippen LogP contribution >= 0.6 is 11.3 Å². The summed E-state index contributed by atoms with van der Waals surface area (Å²) < 4.78 is 5.98. The van der Waals surface area contributed by atoms with E-state index in [0.29, 0.717) is 38.1 Å². The Labute approximate surface area is 348 Å². The van der Waals surface area contributed by atoms with Gasteiger partial charge in [0.2, 0.25) is 0 Å². The molecular formula is C51H59NO5S. The lowest BCUT2D eigenvalue weighted by molar-refractivity contribution is -0.177. The summed E-state index contributed by atoms with van der Waals surface area (Å²) in [5.74, 6) is 0.356. The highest BCUT2D eigenvalue weighted by Crippen LogP contribution is 2.78. The number of carbonyl (C=O) groups is 1. The monoisotopic (exact) mass is 797 g/mol. The first-order chi connectivity index (χ1) is 28.0. The fourth-order valence-corrected chi connectivity index (χ4v) is 13.5. The van der Waals surface area contributed by atoms with E-state index in [0.717, 1.165) is 67.3 Å². The molecular weight excluding hydrogens is 739 g/mol. The van der Waals surface area contributed by atoms with E-state index in [1.54, 1.807) is 11.3 Å². The van der Waals surface area contributed by atoms with E-state index >= 15 is 4.79 Å². The van der Waals surface area contributed by atoms with E-state index in [9.17, 15) is 15.3 Å². The van der Waals surface area contributed by atoms with Crippen molar-refractivity contribution >= 4 is 17.1 Å². The Hall–Kier alpha value is -3.69. The van der Waals surface area contributed by atoms with Gasteiger partial charge in [-0.2, -0.15) is 0 Å². The standard InChI is InChI=1S/C51H59NO5S/c1-47-23-19-40(53)30-49(47)26-27-51(43(31-49)46(55)39-17-15-38(16-18-39)37-12-7-4-8-13-37)44(47)20-24-48(2)45(51)21-25-50(48,56)35-52(28-22-42-14-9-29-58-42)32-41(54)34-57-33-36-10-5-3-6-11-36/h3-18,26-27,29,31,40-41,44-45,53-54,56H,19-25,28,30,32-35H2,1-2H3. The van der Waals surface area contributed by atoms with Crippen LogP contribution in [0.15, 0.2) is 126 Å². The second-order valence-corrected chi connectivity index (χ2v) is 19.8. The normalized spacial score (nSPS) is 34.0. The molecule has 6 aliphatic carbocycles.